The quantitative estimate of drug-likeness (QED) is 0.176. The average molecular weight is 597 g/mol. The van der Waals surface area contributed by atoms with Crippen LogP contribution >= 0.6 is 45.3 Å². The molecule has 0 radical (unpaired) electrons. The molecule has 0 amide bonds. The van der Waals surface area contributed by atoms with E-state index in [9.17, 15) is 0 Å². The third-order valence-corrected chi connectivity index (χ3v) is 9.98. The van der Waals surface area contributed by atoms with Gasteiger partial charge in [0, 0.05) is 53.8 Å². The van der Waals surface area contributed by atoms with Crippen molar-refractivity contribution in [2.45, 2.75) is 0 Å². The van der Waals surface area contributed by atoms with Crippen LogP contribution in [0, 0.1) is 11.6 Å². The highest BCUT2D eigenvalue weighted by Crippen LogP contribution is 2.49. The van der Waals surface area contributed by atoms with Gasteiger partial charge in [0.2, 0.25) is 0 Å². The third-order valence-electron chi connectivity index (χ3n) is 7.29. The second-order valence-corrected chi connectivity index (χ2v) is 12.5. The maximum atomic E-state index is 16.0. The predicted molar refractivity (Wildman–Crippen MR) is 171 cm³/mol. The summed E-state index contributed by atoms with van der Waals surface area (Å²) < 4.78 is 32.0. The third kappa shape index (κ3) is 3.60. The zero-order valence-corrected chi connectivity index (χ0v) is 23.9. The molecule has 4 heterocycles. The molecule has 40 heavy (non-hydrogen) atoms. The van der Waals surface area contributed by atoms with Crippen molar-refractivity contribution in [3.63, 3.8) is 0 Å². The standard InChI is InChI=1S/C32H18F2N2S4/c33-27-13-30(36(21-7-11-39-17-21)22-8-12-40-18-22)26-4-2-24-28(34)14-29(25-3-1-23(27)31(26)32(24)25)35(19-5-9-37-15-19)20-6-10-38-16-20/h1-18H. The summed E-state index contributed by atoms with van der Waals surface area (Å²) in [5, 5.41) is 20.5. The Morgan fingerprint density at radius 2 is 0.750 bits per heavy atom. The summed E-state index contributed by atoms with van der Waals surface area (Å²) in [4.78, 5) is 4.17. The molecule has 0 aliphatic rings. The van der Waals surface area contributed by atoms with E-state index in [0.717, 1.165) is 55.7 Å². The summed E-state index contributed by atoms with van der Waals surface area (Å²) in [7, 11) is 0. The second-order valence-electron chi connectivity index (χ2n) is 9.42. The highest BCUT2D eigenvalue weighted by molar-refractivity contribution is 7.09. The molecule has 8 aromatic rings. The SMILES string of the molecule is Fc1cc(N(c2ccsc2)c2ccsc2)c2ccc3c(F)cc(N(c4ccsc4)c4ccsc4)c4ccc1c2c34. The van der Waals surface area contributed by atoms with Crippen molar-refractivity contribution in [2.24, 2.45) is 0 Å². The molecule has 0 aliphatic carbocycles. The van der Waals surface area contributed by atoms with Crippen LogP contribution in [0.15, 0.2) is 104 Å². The number of halogens is 2. The number of hydrogen-bond acceptors (Lipinski definition) is 6. The molecule has 0 fully saturated rings. The number of anilines is 6. The Hall–Kier alpha value is -3.82. The van der Waals surface area contributed by atoms with Crippen molar-refractivity contribution < 1.29 is 8.78 Å². The first-order valence-electron chi connectivity index (χ1n) is 12.5. The van der Waals surface area contributed by atoms with Crippen molar-refractivity contribution in [1.82, 2.24) is 0 Å². The number of thiophene rings is 4. The van der Waals surface area contributed by atoms with Gasteiger partial charge in [0.25, 0.3) is 0 Å². The Labute approximate surface area is 244 Å². The lowest BCUT2D eigenvalue weighted by molar-refractivity contribution is 0.639. The van der Waals surface area contributed by atoms with Crippen molar-refractivity contribution >= 4 is 112 Å². The molecule has 0 N–H and O–H groups in total. The summed E-state index contributed by atoms with van der Waals surface area (Å²) in [6.45, 7) is 0. The fourth-order valence-corrected chi connectivity index (χ4v) is 8.11. The Kier molecular flexibility index (Phi) is 5.63. The maximum Gasteiger partial charge on any atom is 0.133 e. The molecule has 8 rings (SSSR count). The number of benzene rings is 4. The first kappa shape index (κ1) is 24.0. The van der Waals surface area contributed by atoms with Crippen LogP contribution < -0.4 is 9.80 Å². The topological polar surface area (TPSA) is 6.48 Å². The van der Waals surface area contributed by atoms with Gasteiger partial charge in [-0.25, -0.2) is 8.78 Å². The van der Waals surface area contributed by atoms with E-state index in [4.69, 9.17) is 0 Å². The molecule has 4 aromatic heterocycles. The number of hydrogen-bond donors (Lipinski definition) is 0. The summed E-state index contributed by atoms with van der Waals surface area (Å²) in [5.41, 5.74) is 5.32. The fraction of sp³-hybridized carbons (Fsp3) is 0. The van der Waals surface area contributed by atoms with E-state index in [0.29, 0.717) is 10.8 Å². The zero-order chi connectivity index (χ0) is 26.8. The van der Waals surface area contributed by atoms with Gasteiger partial charge in [-0.3, -0.25) is 0 Å². The van der Waals surface area contributed by atoms with Gasteiger partial charge in [0.15, 0.2) is 0 Å². The van der Waals surface area contributed by atoms with Crippen LogP contribution in [0.4, 0.5) is 42.9 Å². The lowest BCUT2D eigenvalue weighted by Crippen LogP contribution is -2.11. The molecule has 0 saturated carbocycles. The average Bonchev–Trinajstić information content (AvgIpc) is 3.80. The van der Waals surface area contributed by atoms with E-state index in [2.05, 4.69) is 31.3 Å². The van der Waals surface area contributed by atoms with Crippen LogP contribution in [0.1, 0.15) is 0 Å². The minimum atomic E-state index is -0.328. The Morgan fingerprint density at radius 3 is 1.05 bits per heavy atom. The van der Waals surface area contributed by atoms with E-state index in [-0.39, 0.29) is 11.6 Å². The van der Waals surface area contributed by atoms with Gasteiger partial charge in [0.05, 0.1) is 34.1 Å². The lowest BCUT2D eigenvalue weighted by atomic mass is 9.91. The first-order chi connectivity index (χ1) is 19.7. The van der Waals surface area contributed by atoms with Crippen LogP contribution in [0.5, 0.6) is 0 Å². The summed E-state index contributed by atoms with van der Waals surface area (Å²) in [6, 6.07) is 18.9. The second kappa shape index (κ2) is 9.38. The predicted octanol–water partition coefficient (Wildman–Crippen LogP) is 12.0. The van der Waals surface area contributed by atoms with E-state index in [1.807, 2.05) is 70.1 Å². The molecule has 0 atom stereocenters. The Balaban J connectivity index is 1.48. The fourth-order valence-electron chi connectivity index (χ4n) is 5.63. The number of nitrogens with zero attached hydrogens (tertiary/aromatic N) is 2. The van der Waals surface area contributed by atoms with Crippen molar-refractivity contribution in [2.75, 3.05) is 9.80 Å². The Bertz CT molecular complexity index is 1860. The van der Waals surface area contributed by atoms with E-state index in [1.54, 1.807) is 57.5 Å². The van der Waals surface area contributed by atoms with Gasteiger partial charge in [-0.05, 0) is 57.9 Å². The Morgan fingerprint density at radius 1 is 0.425 bits per heavy atom. The van der Waals surface area contributed by atoms with Crippen molar-refractivity contribution in [3.05, 3.63) is 115 Å². The van der Waals surface area contributed by atoms with Crippen LogP contribution in [0.2, 0.25) is 0 Å². The molecular weight excluding hydrogens is 579 g/mol. The number of rotatable bonds is 6. The van der Waals surface area contributed by atoms with Crippen LogP contribution in [0.3, 0.4) is 0 Å². The zero-order valence-electron chi connectivity index (χ0n) is 20.7. The molecule has 0 aliphatic heterocycles. The molecule has 0 unspecified atom stereocenters. The maximum absolute atomic E-state index is 16.0. The van der Waals surface area contributed by atoms with Gasteiger partial charge in [-0.15, -0.1) is 0 Å². The molecule has 4 aromatic carbocycles. The molecular formula is C32H18F2N2S4. The monoisotopic (exact) mass is 596 g/mol. The first-order valence-corrected chi connectivity index (χ1v) is 16.2. The van der Waals surface area contributed by atoms with Gasteiger partial charge < -0.3 is 9.80 Å². The van der Waals surface area contributed by atoms with Gasteiger partial charge in [-0.2, -0.15) is 45.3 Å². The van der Waals surface area contributed by atoms with E-state index < -0.39 is 0 Å². The van der Waals surface area contributed by atoms with Gasteiger partial charge in [0.1, 0.15) is 11.6 Å². The van der Waals surface area contributed by atoms with Crippen molar-refractivity contribution in [1.29, 1.82) is 0 Å². The normalized spacial score (nSPS) is 11.8. The van der Waals surface area contributed by atoms with Gasteiger partial charge in [-0.1, -0.05) is 24.3 Å². The highest BCUT2D eigenvalue weighted by atomic mass is 32.1. The van der Waals surface area contributed by atoms with E-state index >= 15 is 8.78 Å². The summed E-state index contributed by atoms with van der Waals surface area (Å²) >= 11 is 6.39. The van der Waals surface area contributed by atoms with Crippen LogP contribution in [0.25, 0.3) is 32.3 Å². The highest BCUT2D eigenvalue weighted by Gasteiger charge is 2.25. The van der Waals surface area contributed by atoms with Crippen LogP contribution in [-0.2, 0) is 0 Å². The lowest BCUT2D eigenvalue weighted by Gasteiger charge is -2.27. The minimum absolute atomic E-state index is 0.328. The van der Waals surface area contributed by atoms with Crippen molar-refractivity contribution in [3.8, 4) is 0 Å². The molecule has 194 valence electrons. The summed E-state index contributed by atoms with van der Waals surface area (Å²) in [6.07, 6.45) is 0. The smallest absolute Gasteiger partial charge is 0.133 e. The summed E-state index contributed by atoms with van der Waals surface area (Å²) in [5.74, 6) is -0.656. The van der Waals surface area contributed by atoms with E-state index in [1.165, 1.54) is 0 Å². The molecule has 0 bridgehead atoms. The molecule has 2 nitrogen and oxygen atoms in total. The molecule has 8 heteroatoms. The van der Waals surface area contributed by atoms with Crippen LogP contribution in [-0.4, -0.2) is 0 Å². The largest absolute Gasteiger partial charge is 0.308 e. The van der Waals surface area contributed by atoms with Gasteiger partial charge >= 0.3 is 0 Å². The molecule has 0 spiro atoms. The molecule has 0 saturated heterocycles. The minimum Gasteiger partial charge on any atom is -0.308 e.